The quantitative estimate of drug-likeness (QED) is 0.754. The van der Waals surface area contributed by atoms with Crippen molar-refractivity contribution in [1.29, 1.82) is 0 Å². The van der Waals surface area contributed by atoms with Gasteiger partial charge in [-0.25, -0.2) is 0 Å². The molecule has 108 valence electrons. The fourth-order valence-corrected chi connectivity index (χ4v) is 5.15. The highest BCUT2D eigenvalue weighted by molar-refractivity contribution is 5.07. The molecule has 0 bridgehead atoms. The van der Waals surface area contributed by atoms with Gasteiger partial charge in [0.25, 0.3) is 0 Å². The lowest BCUT2D eigenvalue weighted by Gasteiger charge is -2.25. The SMILES string of the molecule is CC(C)N1C[C@@H]2C(CN3CC4CN(C)CC4C3)[C@@H]2C1. The van der Waals surface area contributed by atoms with E-state index in [1.54, 1.807) is 0 Å². The second kappa shape index (κ2) is 4.44. The minimum atomic E-state index is 0.759. The molecular formula is C16H29N3. The summed E-state index contributed by atoms with van der Waals surface area (Å²) in [7, 11) is 2.29. The Morgan fingerprint density at radius 2 is 1.47 bits per heavy atom. The molecule has 4 fully saturated rings. The van der Waals surface area contributed by atoms with Gasteiger partial charge >= 0.3 is 0 Å². The number of piperidine rings is 1. The molecule has 1 aliphatic carbocycles. The van der Waals surface area contributed by atoms with E-state index in [0.717, 1.165) is 35.6 Å². The van der Waals surface area contributed by atoms with Gasteiger partial charge in [-0.2, -0.15) is 0 Å². The van der Waals surface area contributed by atoms with E-state index in [2.05, 4.69) is 35.6 Å². The molecule has 3 heterocycles. The van der Waals surface area contributed by atoms with Crippen LogP contribution < -0.4 is 0 Å². The van der Waals surface area contributed by atoms with Crippen LogP contribution in [0, 0.1) is 29.6 Å². The third kappa shape index (κ3) is 2.14. The Bertz CT molecular complexity index is 330. The van der Waals surface area contributed by atoms with Crippen LogP contribution in [-0.2, 0) is 0 Å². The molecule has 0 aromatic carbocycles. The lowest BCUT2D eigenvalue weighted by atomic mass is 10.0. The zero-order valence-corrected chi connectivity index (χ0v) is 12.8. The maximum atomic E-state index is 2.80. The second-order valence-corrected chi connectivity index (χ2v) is 8.00. The number of hydrogen-bond donors (Lipinski definition) is 0. The van der Waals surface area contributed by atoms with Crippen molar-refractivity contribution in [3.63, 3.8) is 0 Å². The minimum absolute atomic E-state index is 0.759. The predicted octanol–water partition coefficient (Wildman–Crippen LogP) is 1.07. The van der Waals surface area contributed by atoms with Crippen molar-refractivity contribution in [2.45, 2.75) is 19.9 Å². The van der Waals surface area contributed by atoms with Crippen LogP contribution in [0.25, 0.3) is 0 Å². The summed E-state index contributed by atoms with van der Waals surface area (Å²) in [6.07, 6.45) is 0. The Morgan fingerprint density at radius 1 is 0.895 bits per heavy atom. The second-order valence-electron chi connectivity index (χ2n) is 8.00. The van der Waals surface area contributed by atoms with Crippen molar-refractivity contribution in [2.75, 3.05) is 52.9 Å². The van der Waals surface area contributed by atoms with E-state index in [9.17, 15) is 0 Å². The van der Waals surface area contributed by atoms with Crippen LogP contribution in [0.5, 0.6) is 0 Å². The van der Waals surface area contributed by atoms with Gasteiger partial charge in [0.2, 0.25) is 0 Å². The Hall–Kier alpha value is -0.120. The smallest absolute Gasteiger partial charge is 0.00388 e. The van der Waals surface area contributed by atoms with Crippen molar-refractivity contribution in [3.8, 4) is 0 Å². The van der Waals surface area contributed by atoms with Crippen molar-refractivity contribution >= 4 is 0 Å². The molecule has 3 saturated heterocycles. The standard InChI is InChI=1S/C16H29N3/c1-11(2)19-9-15-14(16(15)10-19)8-18-6-12-4-17(3)5-13(12)7-18/h11-16H,4-10H2,1-3H3/t12?,13?,14?,15-,16+. The van der Waals surface area contributed by atoms with E-state index in [4.69, 9.17) is 0 Å². The van der Waals surface area contributed by atoms with Crippen molar-refractivity contribution in [2.24, 2.45) is 29.6 Å². The predicted molar refractivity (Wildman–Crippen MR) is 78.1 cm³/mol. The van der Waals surface area contributed by atoms with Gasteiger partial charge in [-0.3, -0.25) is 0 Å². The lowest BCUT2D eigenvalue weighted by Crippen LogP contribution is -2.34. The van der Waals surface area contributed by atoms with Gasteiger partial charge in [-0.1, -0.05) is 0 Å². The molecule has 0 aromatic rings. The summed E-state index contributed by atoms with van der Waals surface area (Å²) < 4.78 is 0. The molecule has 3 heteroatoms. The molecule has 0 aromatic heterocycles. The highest BCUT2D eigenvalue weighted by Crippen LogP contribution is 2.52. The zero-order chi connectivity index (χ0) is 13.1. The molecule has 0 radical (unpaired) electrons. The van der Waals surface area contributed by atoms with Gasteiger partial charge in [0.15, 0.2) is 0 Å². The Balaban J connectivity index is 1.26. The topological polar surface area (TPSA) is 9.72 Å². The first-order valence-electron chi connectivity index (χ1n) is 8.26. The Labute approximate surface area is 117 Å². The summed E-state index contributed by atoms with van der Waals surface area (Å²) in [5.41, 5.74) is 0. The molecular weight excluding hydrogens is 234 g/mol. The monoisotopic (exact) mass is 263 g/mol. The molecule has 3 nitrogen and oxygen atoms in total. The van der Waals surface area contributed by atoms with Gasteiger partial charge in [0.05, 0.1) is 0 Å². The molecule has 19 heavy (non-hydrogen) atoms. The largest absolute Gasteiger partial charge is 0.306 e. The highest BCUT2D eigenvalue weighted by Gasteiger charge is 2.56. The average molecular weight is 263 g/mol. The van der Waals surface area contributed by atoms with Crippen molar-refractivity contribution in [3.05, 3.63) is 0 Å². The maximum absolute atomic E-state index is 2.80. The molecule has 1 saturated carbocycles. The van der Waals surface area contributed by atoms with Gasteiger partial charge in [-0.15, -0.1) is 0 Å². The Kier molecular flexibility index (Phi) is 2.95. The van der Waals surface area contributed by atoms with E-state index >= 15 is 0 Å². The van der Waals surface area contributed by atoms with Crippen LogP contribution >= 0.6 is 0 Å². The number of fused-ring (bicyclic) bond motifs is 2. The lowest BCUT2D eigenvalue weighted by molar-refractivity contribution is 0.208. The van der Waals surface area contributed by atoms with Crippen LogP contribution in [0.2, 0.25) is 0 Å². The summed E-state index contributed by atoms with van der Waals surface area (Å²) in [5.74, 6) is 5.11. The van der Waals surface area contributed by atoms with Crippen LogP contribution in [0.3, 0.4) is 0 Å². The average Bonchev–Trinajstić information content (AvgIpc) is 2.75. The molecule has 3 aliphatic heterocycles. The number of likely N-dealkylation sites (tertiary alicyclic amines) is 3. The molecule has 0 N–H and O–H groups in total. The van der Waals surface area contributed by atoms with Crippen molar-refractivity contribution in [1.82, 2.24) is 14.7 Å². The molecule has 0 spiro atoms. The molecule has 3 unspecified atom stereocenters. The van der Waals surface area contributed by atoms with E-state index < -0.39 is 0 Å². The van der Waals surface area contributed by atoms with Gasteiger partial charge in [-0.05, 0) is 50.5 Å². The fourth-order valence-electron chi connectivity index (χ4n) is 5.15. The van der Waals surface area contributed by atoms with Crippen LogP contribution in [-0.4, -0.2) is 73.6 Å². The zero-order valence-electron chi connectivity index (χ0n) is 12.8. The van der Waals surface area contributed by atoms with E-state index in [1.807, 2.05) is 0 Å². The van der Waals surface area contributed by atoms with Crippen LogP contribution in [0.4, 0.5) is 0 Å². The normalized spacial score (nSPS) is 47.1. The molecule has 5 atom stereocenters. The molecule has 4 aliphatic rings. The van der Waals surface area contributed by atoms with Crippen LogP contribution in [0.1, 0.15) is 13.8 Å². The highest BCUT2D eigenvalue weighted by atomic mass is 15.2. The van der Waals surface area contributed by atoms with E-state index in [-0.39, 0.29) is 0 Å². The third-order valence-corrected chi connectivity index (χ3v) is 6.34. The number of nitrogens with zero attached hydrogens (tertiary/aromatic N) is 3. The number of rotatable bonds is 3. The first-order chi connectivity index (χ1) is 9.11. The number of hydrogen-bond acceptors (Lipinski definition) is 3. The summed E-state index contributed by atoms with van der Waals surface area (Å²) in [6.45, 7) is 14.3. The first kappa shape index (κ1) is 12.6. The molecule has 4 rings (SSSR count). The summed E-state index contributed by atoms with van der Waals surface area (Å²) >= 11 is 0. The summed E-state index contributed by atoms with van der Waals surface area (Å²) in [6, 6.07) is 0.759. The van der Waals surface area contributed by atoms with Gasteiger partial charge in [0, 0.05) is 51.9 Å². The summed E-state index contributed by atoms with van der Waals surface area (Å²) in [4.78, 5) is 8.00. The maximum Gasteiger partial charge on any atom is 0.00388 e. The van der Waals surface area contributed by atoms with Crippen LogP contribution in [0.15, 0.2) is 0 Å². The van der Waals surface area contributed by atoms with E-state index in [0.29, 0.717) is 0 Å². The fraction of sp³-hybridized carbons (Fsp3) is 1.00. The van der Waals surface area contributed by atoms with Gasteiger partial charge in [0.1, 0.15) is 0 Å². The van der Waals surface area contributed by atoms with Crippen molar-refractivity contribution < 1.29 is 0 Å². The first-order valence-corrected chi connectivity index (χ1v) is 8.26. The minimum Gasteiger partial charge on any atom is -0.306 e. The van der Waals surface area contributed by atoms with Gasteiger partial charge < -0.3 is 14.7 Å². The molecule has 0 amide bonds. The van der Waals surface area contributed by atoms with E-state index in [1.165, 1.54) is 45.8 Å². The third-order valence-electron chi connectivity index (χ3n) is 6.34. The summed E-state index contributed by atoms with van der Waals surface area (Å²) in [5, 5.41) is 0. The Morgan fingerprint density at radius 3 is 2.00 bits per heavy atom.